The lowest BCUT2D eigenvalue weighted by Gasteiger charge is -2.07. The Morgan fingerprint density at radius 2 is 2.18 bits per heavy atom. The zero-order chi connectivity index (χ0) is 12.9. The Bertz CT molecular complexity index is 523. The summed E-state index contributed by atoms with van der Waals surface area (Å²) >= 11 is 0. The van der Waals surface area contributed by atoms with Gasteiger partial charge in [-0.25, -0.2) is 8.42 Å². The maximum absolute atomic E-state index is 11.0. The summed E-state index contributed by atoms with van der Waals surface area (Å²) in [5.41, 5.74) is 1.27. The molecule has 0 saturated heterocycles. The van der Waals surface area contributed by atoms with E-state index in [-0.39, 0.29) is 5.91 Å². The second-order valence-electron chi connectivity index (χ2n) is 3.50. The number of anilines is 1. The molecule has 0 saturated carbocycles. The minimum atomic E-state index is -3.28. The molecular formula is C11H14N2O3S. The fraction of sp³-hybridized carbons (Fsp3) is 0.182. The molecule has 1 aromatic carbocycles. The maximum Gasteiger partial charge on any atom is 0.243 e. The Morgan fingerprint density at radius 1 is 1.47 bits per heavy atom. The van der Waals surface area contributed by atoms with E-state index in [0.717, 1.165) is 11.8 Å². The molecule has 17 heavy (non-hydrogen) atoms. The van der Waals surface area contributed by atoms with E-state index >= 15 is 0 Å². The third-order valence-corrected chi connectivity index (χ3v) is 2.49. The van der Waals surface area contributed by atoms with Crippen molar-refractivity contribution in [2.45, 2.75) is 6.54 Å². The van der Waals surface area contributed by atoms with Crippen molar-refractivity contribution in [2.75, 3.05) is 11.0 Å². The van der Waals surface area contributed by atoms with E-state index in [9.17, 15) is 13.2 Å². The van der Waals surface area contributed by atoms with Crippen molar-refractivity contribution in [3.05, 3.63) is 42.5 Å². The van der Waals surface area contributed by atoms with Crippen molar-refractivity contribution in [3.63, 3.8) is 0 Å². The quantitative estimate of drug-likeness (QED) is 0.765. The van der Waals surface area contributed by atoms with Crippen LogP contribution < -0.4 is 10.0 Å². The molecule has 1 aromatic rings. The first-order chi connectivity index (χ1) is 7.90. The van der Waals surface area contributed by atoms with Gasteiger partial charge in [-0.2, -0.15) is 0 Å². The fourth-order valence-electron chi connectivity index (χ4n) is 1.22. The summed E-state index contributed by atoms with van der Waals surface area (Å²) in [6.45, 7) is 3.66. The van der Waals surface area contributed by atoms with Crippen LogP contribution in [0.25, 0.3) is 0 Å². The average Bonchev–Trinajstić information content (AvgIpc) is 2.24. The number of hydrogen-bond acceptors (Lipinski definition) is 3. The molecule has 6 heteroatoms. The van der Waals surface area contributed by atoms with Gasteiger partial charge in [-0.3, -0.25) is 9.52 Å². The second-order valence-corrected chi connectivity index (χ2v) is 5.24. The Balaban J connectivity index is 2.72. The van der Waals surface area contributed by atoms with Gasteiger partial charge in [0.2, 0.25) is 15.9 Å². The Morgan fingerprint density at radius 3 is 2.76 bits per heavy atom. The number of nitrogens with one attached hydrogen (secondary N) is 2. The number of carbonyl (C=O) groups is 1. The van der Waals surface area contributed by atoms with Crippen molar-refractivity contribution in [1.29, 1.82) is 0 Å². The Labute approximate surface area is 101 Å². The van der Waals surface area contributed by atoms with Crippen LogP contribution in [0.4, 0.5) is 5.69 Å². The lowest BCUT2D eigenvalue weighted by molar-refractivity contribution is -0.116. The number of rotatable bonds is 5. The van der Waals surface area contributed by atoms with Gasteiger partial charge in [0.1, 0.15) is 0 Å². The van der Waals surface area contributed by atoms with Gasteiger partial charge in [0.05, 0.1) is 6.26 Å². The zero-order valence-electron chi connectivity index (χ0n) is 9.43. The lowest BCUT2D eigenvalue weighted by Crippen LogP contribution is -2.20. The van der Waals surface area contributed by atoms with Gasteiger partial charge in [0, 0.05) is 12.2 Å². The highest BCUT2D eigenvalue weighted by atomic mass is 32.2. The van der Waals surface area contributed by atoms with E-state index in [0.29, 0.717) is 12.2 Å². The molecular weight excluding hydrogens is 240 g/mol. The van der Waals surface area contributed by atoms with E-state index in [4.69, 9.17) is 0 Å². The first-order valence-electron chi connectivity index (χ1n) is 4.88. The summed E-state index contributed by atoms with van der Waals surface area (Å²) in [5, 5.41) is 2.60. The van der Waals surface area contributed by atoms with Crippen LogP contribution in [0.15, 0.2) is 36.9 Å². The first kappa shape index (κ1) is 13.2. The SMILES string of the molecule is C=CC(=O)NCc1cccc(NS(C)(=O)=O)c1. The highest BCUT2D eigenvalue weighted by molar-refractivity contribution is 7.92. The van der Waals surface area contributed by atoms with E-state index in [1.165, 1.54) is 6.08 Å². The number of benzene rings is 1. The van der Waals surface area contributed by atoms with Crippen LogP contribution in [0.3, 0.4) is 0 Å². The largest absolute Gasteiger partial charge is 0.348 e. The van der Waals surface area contributed by atoms with Gasteiger partial charge >= 0.3 is 0 Å². The van der Waals surface area contributed by atoms with E-state index in [2.05, 4.69) is 16.6 Å². The van der Waals surface area contributed by atoms with Gasteiger partial charge in [-0.05, 0) is 23.8 Å². The lowest BCUT2D eigenvalue weighted by atomic mass is 10.2. The monoisotopic (exact) mass is 254 g/mol. The molecule has 5 nitrogen and oxygen atoms in total. The van der Waals surface area contributed by atoms with Crippen molar-refractivity contribution in [1.82, 2.24) is 5.32 Å². The molecule has 0 spiro atoms. The summed E-state index contributed by atoms with van der Waals surface area (Å²) in [6.07, 6.45) is 2.26. The van der Waals surface area contributed by atoms with E-state index in [1.807, 2.05) is 0 Å². The summed E-state index contributed by atoms with van der Waals surface area (Å²) in [7, 11) is -3.28. The van der Waals surface area contributed by atoms with Gasteiger partial charge in [-0.15, -0.1) is 0 Å². The first-order valence-corrected chi connectivity index (χ1v) is 6.77. The minimum Gasteiger partial charge on any atom is -0.348 e. The molecule has 0 heterocycles. The molecule has 0 bridgehead atoms. The molecule has 0 aromatic heterocycles. The highest BCUT2D eigenvalue weighted by Gasteiger charge is 2.02. The molecule has 2 N–H and O–H groups in total. The third-order valence-electron chi connectivity index (χ3n) is 1.88. The topological polar surface area (TPSA) is 75.3 Å². The summed E-state index contributed by atoms with van der Waals surface area (Å²) in [6, 6.07) is 6.80. The number of hydrogen-bond donors (Lipinski definition) is 2. The highest BCUT2D eigenvalue weighted by Crippen LogP contribution is 2.11. The van der Waals surface area contributed by atoms with Crippen molar-refractivity contribution < 1.29 is 13.2 Å². The molecule has 0 aliphatic heterocycles. The molecule has 0 radical (unpaired) electrons. The Kier molecular flexibility index (Phi) is 4.28. The molecule has 0 fully saturated rings. The second kappa shape index (κ2) is 5.49. The van der Waals surface area contributed by atoms with Gasteiger partial charge in [0.15, 0.2) is 0 Å². The van der Waals surface area contributed by atoms with Gasteiger partial charge in [-0.1, -0.05) is 18.7 Å². The van der Waals surface area contributed by atoms with Gasteiger partial charge < -0.3 is 5.32 Å². The van der Waals surface area contributed by atoms with Crippen LogP contribution in [-0.2, 0) is 21.4 Å². The molecule has 1 rings (SSSR count). The van der Waals surface area contributed by atoms with Gasteiger partial charge in [0.25, 0.3) is 0 Å². The van der Waals surface area contributed by atoms with Crippen LogP contribution in [0, 0.1) is 0 Å². The van der Waals surface area contributed by atoms with Crippen molar-refractivity contribution >= 4 is 21.6 Å². The number of carbonyl (C=O) groups excluding carboxylic acids is 1. The predicted molar refractivity (Wildman–Crippen MR) is 67.0 cm³/mol. The zero-order valence-corrected chi connectivity index (χ0v) is 10.3. The van der Waals surface area contributed by atoms with Crippen LogP contribution in [0.1, 0.15) is 5.56 Å². The third kappa shape index (κ3) is 5.17. The Hall–Kier alpha value is -1.82. The standard InChI is InChI=1S/C11H14N2O3S/c1-3-11(14)12-8-9-5-4-6-10(7-9)13-17(2,15)16/h3-7,13H,1,8H2,2H3,(H,12,14). The van der Waals surface area contributed by atoms with E-state index < -0.39 is 10.0 Å². The normalized spacial score (nSPS) is 10.6. The fourth-order valence-corrected chi connectivity index (χ4v) is 1.78. The molecule has 1 amide bonds. The molecule has 92 valence electrons. The van der Waals surface area contributed by atoms with Crippen LogP contribution in [0.2, 0.25) is 0 Å². The molecule has 0 aliphatic rings. The van der Waals surface area contributed by atoms with Crippen LogP contribution in [0.5, 0.6) is 0 Å². The summed E-state index contributed by atoms with van der Waals surface area (Å²) in [5.74, 6) is -0.272. The van der Waals surface area contributed by atoms with Crippen molar-refractivity contribution in [2.24, 2.45) is 0 Å². The smallest absolute Gasteiger partial charge is 0.243 e. The molecule has 0 atom stereocenters. The molecule has 0 unspecified atom stereocenters. The molecule has 0 aliphatic carbocycles. The number of sulfonamides is 1. The van der Waals surface area contributed by atoms with Crippen LogP contribution >= 0.6 is 0 Å². The maximum atomic E-state index is 11.0. The summed E-state index contributed by atoms with van der Waals surface area (Å²) < 4.78 is 24.4. The summed E-state index contributed by atoms with van der Waals surface area (Å²) in [4.78, 5) is 11.0. The van der Waals surface area contributed by atoms with E-state index in [1.54, 1.807) is 24.3 Å². The number of amides is 1. The van der Waals surface area contributed by atoms with Crippen LogP contribution in [-0.4, -0.2) is 20.6 Å². The predicted octanol–water partition coefficient (Wildman–Crippen LogP) is 0.860. The average molecular weight is 254 g/mol. The minimum absolute atomic E-state index is 0.272. The van der Waals surface area contributed by atoms with Crippen molar-refractivity contribution in [3.8, 4) is 0 Å².